The molecule has 0 aromatic carbocycles. The smallest absolute Gasteiger partial charge is 0.223 e. The molecule has 18 heavy (non-hydrogen) atoms. The van der Waals surface area contributed by atoms with Crippen LogP contribution in [-0.4, -0.2) is 18.0 Å². The minimum absolute atomic E-state index is 0. The molecule has 2 saturated carbocycles. The van der Waals surface area contributed by atoms with Crippen LogP contribution >= 0.6 is 12.4 Å². The highest BCUT2D eigenvalue weighted by molar-refractivity contribution is 5.85. The van der Waals surface area contributed by atoms with Crippen molar-refractivity contribution in [2.75, 3.05) is 0 Å². The van der Waals surface area contributed by atoms with E-state index in [1.54, 1.807) is 0 Å². The molecule has 3 nitrogen and oxygen atoms in total. The van der Waals surface area contributed by atoms with Gasteiger partial charge in [0.15, 0.2) is 0 Å². The van der Waals surface area contributed by atoms with Gasteiger partial charge < -0.3 is 11.1 Å². The number of nitrogens with two attached hydrogens (primary N) is 1. The Morgan fingerprint density at radius 2 is 1.83 bits per heavy atom. The fraction of sp³-hybridized carbons (Fsp3) is 0.929. The van der Waals surface area contributed by atoms with Gasteiger partial charge in [0, 0.05) is 18.0 Å². The molecule has 106 valence electrons. The lowest BCUT2D eigenvalue weighted by Gasteiger charge is -2.31. The molecule has 0 aromatic heterocycles. The topological polar surface area (TPSA) is 55.1 Å². The number of hydrogen-bond acceptors (Lipinski definition) is 2. The summed E-state index contributed by atoms with van der Waals surface area (Å²) in [7, 11) is 0. The van der Waals surface area contributed by atoms with Crippen molar-refractivity contribution in [3.05, 3.63) is 0 Å². The van der Waals surface area contributed by atoms with Gasteiger partial charge in [0.2, 0.25) is 5.91 Å². The van der Waals surface area contributed by atoms with E-state index >= 15 is 0 Å². The van der Waals surface area contributed by atoms with E-state index in [2.05, 4.69) is 12.2 Å². The van der Waals surface area contributed by atoms with E-state index < -0.39 is 0 Å². The molecule has 4 atom stereocenters. The van der Waals surface area contributed by atoms with Gasteiger partial charge in [-0.05, 0) is 38.0 Å². The first-order chi connectivity index (χ1) is 8.15. The Morgan fingerprint density at radius 1 is 1.11 bits per heavy atom. The zero-order chi connectivity index (χ0) is 12.3. The van der Waals surface area contributed by atoms with Gasteiger partial charge >= 0.3 is 0 Å². The van der Waals surface area contributed by atoms with Crippen molar-refractivity contribution in [1.29, 1.82) is 0 Å². The number of amides is 1. The van der Waals surface area contributed by atoms with Crippen LogP contribution in [0.5, 0.6) is 0 Å². The van der Waals surface area contributed by atoms with Crippen LogP contribution in [0.4, 0.5) is 0 Å². The van der Waals surface area contributed by atoms with E-state index in [0.29, 0.717) is 6.04 Å². The second kappa shape index (κ2) is 7.34. The second-order valence-corrected chi connectivity index (χ2v) is 6.10. The fourth-order valence-electron chi connectivity index (χ4n) is 3.35. The number of halogens is 1. The molecular formula is C14H27ClN2O. The minimum Gasteiger partial charge on any atom is -0.353 e. The zero-order valence-electron chi connectivity index (χ0n) is 11.4. The summed E-state index contributed by atoms with van der Waals surface area (Å²) >= 11 is 0. The molecule has 0 spiro atoms. The predicted octanol–water partition coefficient (Wildman–Crippen LogP) is 2.62. The van der Waals surface area contributed by atoms with E-state index in [1.807, 2.05) is 0 Å². The third kappa shape index (κ3) is 4.43. The average molecular weight is 275 g/mol. The number of carbonyl (C=O) groups is 1. The first-order valence-corrected chi connectivity index (χ1v) is 7.21. The van der Waals surface area contributed by atoms with E-state index in [1.165, 1.54) is 12.8 Å². The van der Waals surface area contributed by atoms with E-state index in [0.717, 1.165) is 44.4 Å². The summed E-state index contributed by atoms with van der Waals surface area (Å²) in [5, 5.41) is 3.25. The third-order valence-electron chi connectivity index (χ3n) is 4.37. The highest BCUT2D eigenvalue weighted by Crippen LogP contribution is 2.26. The van der Waals surface area contributed by atoms with E-state index in [9.17, 15) is 4.79 Å². The van der Waals surface area contributed by atoms with Gasteiger partial charge in [0.05, 0.1) is 0 Å². The van der Waals surface area contributed by atoms with Crippen LogP contribution in [0.1, 0.15) is 58.3 Å². The molecule has 1 amide bonds. The van der Waals surface area contributed by atoms with Crippen LogP contribution in [0.3, 0.4) is 0 Å². The first kappa shape index (κ1) is 15.8. The molecule has 4 heteroatoms. The summed E-state index contributed by atoms with van der Waals surface area (Å²) in [4.78, 5) is 12.2. The summed E-state index contributed by atoms with van der Waals surface area (Å²) in [6, 6.07) is 0.661. The van der Waals surface area contributed by atoms with Gasteiger partial charge in [-0.15, -0.1) is 12.4 Å². The Hall–Kier alpha value is -0.280. The monoisotopic (exact) mass is 274 g/mol. The highest BCUT2D eigenvalue weighted by atomic mass is 35.5. The molecule has 0 bridgehead atoms. The summed E-state index contributed by atoms with van der Waals surface area (Å²) in [5.41, 5.74) is 5.94. The number of nitrogens with one attached hydrogen (secondary N) is 1. The standard InChI is InChI=1S/C14H26N2O.ClH/c1-10-4-2-7-13(8-10)16-14(17)11-5-3-6-12(15)9-11;/h10-13H,2-9,15H2,1H3,(H,16,17);1H. The Balaban J connectivity index is 0.00000162. The van der Waals surface area contributed by atoms with Crippen LogP contribution in [0.2, 0.25) is 0 Å². The summed E-state index contributed by atoms with van der Waals surface area (Å²) in [6.45, 7) is 2.29. The van der Waals surface area contributed by atoms with Crippen LogP contribution in [0.25, 0.3) is 0 Å². The molecular weight excluding hydrogens is 248 g/mol. The van der Waals surface area contributed by atoms with E-state index in [-0.39, 0.29) is 30.3 Å². The van der Waals surface area contributed by atoms with Crippen LogP contribution in [0, 0.1) is 11.8 Å². The van der Waals surface area contributed by atoms with Crippen LogP contribution in [-0.2, 0) is 4.79 Å². The summed E-state index contributed by atoms with van der Waals surface area (Å²) < 4.78 is 0. The van der Waals surface area contributed by atoms with Crippen molar-refractivity contribution < 1.29 is 4.79 Å². The lowest BCUT2D eigenvalue weighted by atomic mass is 9.84. The maximum atomic E-state index is 12.2. The zero-order valence-corrected chi connectivity index (χ0v) is 12.2. The van der Waals surface area contributed by atoms with Gasteiger partial charge in [-0.2, -0.15) is 0 Å². The first-order valence-electron chi connectivity index (χ1n) is 7.21. The molecule has 2 rings (SSSR count). The van der Waals surface area contributed by atoms with Gasteiger partial charge in [0.25, 0.3) is 0 Å². The molecule has 2 fully saturated rings. The third-order valence-corrected chi connectivity index (χ3v) is 4.37. The SMILES string of the molecule is CC1CCCC(NC(=O)C2CCCC(N)C2)C1.Cl. The molecule has 0 saturated heterocycles. The minimum atomic E-state index is 0. The maximum absolute atomic E-state index is 12.2. The molecule has 4 unspecified atom stereocenters. The van der Waals surface area contributed by atoms with Crippen molar-refractivity contribution in [3.63, 3.8) is 0 Å². The summed E-state index contributed by atoms with van der Waals surface area (Å²) in [5.74, 6) is 1.21. The lowest BCUT2D eigenvalue weighted by Crippen LogP contribution is -2.43. The molecule has 0 aliphatic heterocycles. The van der Waals surface area contributed by atoms with Gasteiger partial charge in [-0.25, -0.2) is 0 Å². The van der Waals surface area contributed by atoms with Crippen LogP contribution in [0.15, 0.2) is 0 Å². The Morgan fingerprint density at radius 3 is 2.50 bits per heavy atom. The number of hydrogen-bond donors (Lipinski definition) is 2. The molecule has 0 heterocycles. The Labute approximate surface area is 117 Å². The Bertz CT molecular complexity index is 273. The summed E-state index contributed by atoms with van der Waals surface area (Å²) in [6.07, 6.45) is 9.01. The van der Waals surface area contributed by atoms with Crippen molar-refractivity contribution >= 4 is 18.3 Å². The van der Waals surface area contributed by atoms with Crippen molar-refractivity contribution in [1.82, 2.24) is 5.32 Å². The highest BCUT2D eigenvalue weighted by Gasteiger charge is 2.28. The quantitative estimate of drug-likeness (QED) is 0.813. The normalized spacial score (nSPS) is 36.6. The van der Waals surface area contributed by atoms with Gasteiger partial charge in [-0.3, -0.25) is 4.79 Å². The number of rotatable bonds is 2. The molecule has 2 aliphatic rings. The predicted molar refractivity (Wildman–Crippen MR) is 76.7 cm³/mol. The van der Waals surface area contributed by atoms with Crippen molar-refractivity contribution in [2.45, 2.75) is 70.4 Å². The molecule has 0 radical (unpaired) electrons. The Kier molecular flexibility index (Phi) is 6.44. The maximum Gasteiger partial charge on any atom is 0.223 e. The van der Waals surface area contributed by atoms with E-state index in [4.69, 9.17) is 5.73 Å². The molecule has 0 aromatic rings. The largest absolute Gasteiger partial charge is 0.353 e. The second-order valence-electron chi connectivity index (χ2n) is 6.10. The van der Waals surface area contributed by atoms with Gasteiger partial charge in [-0.1, -0.05) is 26.2 Å². The number of carbonyl (C=O) groups excluding carboxylic acids is 1. The fourth-order valence-corrected chi connectivity index (χ4v) is 3.35. The molecule has 2 aliphatic carbocycles. The van der Waals surface area contributed by atoms with Gasteiger partial charge in [0.1, 0.15) is 0 Å². The van der Waals surface area contributed by atoms with Crippen molar-refractivity contribution in [2.24, 2.45) is 17.6 Å². The average Bonchev–Trinajstić information content (AvgIpc) is 2.29. The van der Waals surface area contributed by atoms with Crippen LogP contribution < -0.4 is 11.1 Å². The van der Waals surface area contributed by atoms with Crippen molar-refractivity contribution in [3.8, 4) is 0 Å². The molecule has 3 N–H and O–H groups in total. The lowest BCUT2D eigenvalue weighted by molar-refractivity contribution is -0.127.